The van der Waals surface area contributed by atoms with Crippen LogP contribution in [0.15, 0.2) is 53.4 Å². The topological polar surface area (TPSA) is 80.5 Å². The molecule has 1 aliphatic rings. The number of hydrogen-bond acceptors (Lipinski definition) is 5. The molecule has 138 valence electrons. The number of thioether (sulfide) groups is 1. The van der Waals surface area contributed by atoms with Crippen LogP contribution in [0.3, 0.4) is 0 Å². The number of nitro groups is 1. The van der Waals surface area contributed by atoms with Crippen molar-refractivity contribution >= 4 is 27.5 Å². The van der Waals surface area contributed by atoms with Crippen LogP contribution in [0.2, 0.25) is 0 Å². The number of sulfonamides is 1. The first-order valence-corrected chi connectivity index (χ1v) is 10.8. The predicted octanol–water partition coefficient (Wildman–Crippen LogP) is 3.77. The molecule has 1 heterocycles. The third-order valence-corrected chi connectivity index (χ3v) is 7.77. The molecule has 1 aliphatic heterocycles. The van der Waals surface area contributed by atoms with Crippen molar-refractivity contribution in [3.05, 3.63) is 69.8 Å². The average Bonchev–Trinajstić information content (AvgIpc) is 2.88. The molecule has 0 N–H and O–H groups in total. The summed E-state index contributed by atoms with van der Waals surface area (Å²) in [5.41, 5.74) is 2.04. The third-order valence-electron chi connectivity index (χ3n) is 4.52. The van der Waals surface area contributed by atoms with E-state index in [0.717, 1.165) is 0 Å². The van der Waals surface area contributed by atoms with E-state index >= 15 is 0 Å². The lowest BCUT2D eigenvalue weighted by Gasteiger charge is -2.20. The van der Waals surface area contributed by atoms with Gasteiger partial charge in [0.2, 0.25) is 10.0 Å². The van der Waals surface area contributed by atoms with E-state index in [4.69, 9.17) is 0 Å². The maximum atomic E-state index is 13.0. The molecule has 0 amide bonds. The van der Waals surface area contributed by atoms with Gasteiger partial charge in [0.1, 0.15) is 0 Å². The summed E-state index contributed by atoms with van der Waals surface area (Å²) < 4.78 is 27.4. The van der Waals surface area contributed by atoms with Gasteiger partial charge in [0.25, 0.3) is 5.69 Å². The van der Waals surface area contributed by atoms with E-state index in [1.807, 2.05) is 12.1 Å². The molecule has 0 spiro atoms. The Kier molecular flexibility index (Phi) is 5.64. The van der Waals surface area contributed by atoms with Gasteiger partial charge in [-0.1, -0.05) is 36.4 Å². The molecule has 26 heavy (non-hydrogen) atoms. The van der Waals surface area contributed by atoms with E-state index in [1.54, 1.807) is 11.8 Å². The lowest BCUT2D eigenvalue weighted by molar-refractivity contribution is -0.387. The zero-order chi connectivity index (χ0) is 18.7. The largest absolute Gasteiger partial charge is 0.289 e. The SMILES string of the molecule is Cc1ccccc1C1CCN(S(=O)(=O)c2ccccc2[N+](=O)[O-])CCS1. The van der Waals surface area contributed by atoms with Crippen molar-refractivity contribution < 1.29 is 13.3 Å². The molecule has 1 unspecified atom stereocenters. The van der Waals surface area contributed by atoms with E-state index in [2.05, 4.69) is 19.1 Å². The minimum Gasteiger partial charge on any atom is -0.258 e. The quantitative estimate of drug-likeness (QED) is 0.584. The summed E-state index contributed by atoms with van der Waals surface area (Å²) in [5.74, 6) is 0.652. The van der Waals surface area contributed by atoms with Gasteiger partial charge in [-0.3, -0.25) is 10.1 Å². The fraction of sp³-hybridized carbons (Fsp3) is 0.333. The number of hydrogen-bond donors (Lipinski definition) is 0. The van der Waals surface area contributed by atoms with Crippen LogP contribution in [0.4, 0.5) is 5.69 Å². The third kappa shape index (κ3) is 3.77. The van der Waals surface area contributed by atoms with Crippen LogP contribution in [-0.4, -0.2) is 36.5 Å². The van der Waals surface area contributed by atoms with Gasteiger partial charge < -0.3 is 0 Å². The molecule has 2 aromatic carbocycles. The minimum absolute atomic E-state index is 0.224. The maximum absolute atomic E-state index is 13.0. The second kappa shape index (κ2) is 7.77. The molecule has 0 aromatic heterocycles. The molecule has 6 nitrogen and oxygen atoms in total. The van der Waals surface area contributed by atoms with Crippen molar-refractivity contribution in [1.82, 2.24) is 4.31 Å². The summed E-state index contributed by atoms with van der Waals surface area (Å²) >= 11 is 1.74. The monoisotopic (exact) mass is 392 g/mol. The van der Waals surface area contributed by atoms with Gasteiger partial charge in [0, 0.05) is 30.2 Å². The van der Waals surface area contributed by atoms with Crippen molar-refractivity contribution in [3.63, 3.8) is 0 Å². The summed E-state index contributed by atoms with van der Waals surface area (Å²) in [6, 6.07) is 13.7. The Bertz CT molecular complexity index is 915. The summed E-state index contributed by atoms with van der Waals surface area (Å²) in [6.45, 7) is 2.75. The number of rotatable bonds is 4. The van der Waals surface area contributed by atoms with E-state index in [1.165, 1.54) is 39.7 Å². The first-order valence-electron chi connectivity index (χ1n) is 8.32. The Morgan fingerprint density at radius 2 is 1.81 bits per heavy atom. The highest BCUT2D eigenvalue weighted by Gasteiger charge is 2.33. The summed E-state index contributed by atoms with van der Waals surface area (Å²) in [4.78, 5) is 10.3. The second-order valence-electron chi connectivity index (χ2n) is 6.13. The molecular weight excluding hydrogens is 372 g/mol. The molecule has 0 aliphatic carbocycles. The molecule has 2 aromatic rings. The number of para-hydroxylation sites is 1. The fourth-order valence-corrected chi connectivity index (χ4v) is 6.21. The zero-order valence-corrected chi connectivity index (χ0v) is 16.0. The Morgan fingerprint density at radius 1 is 1.12 bits per heavy atom. The summed E-state index contributed by atoms with van der Waals surface area (Å²) in [5, 5.41) is 11.4. The van der Waals surface area contributed by atoms with E-state index in [-0.39, 0.29) is 15.8 Å². The maximum Gasteiger partial charge on any atom is 0.289 e. The Hall–Kier alpha value is -1.90. The van der Waals surface area contributed by atoms with Crippen LogP contribution in [0.25, 0.3) is 0 Å². The smallest absolute Gasteiger partial charge is 0.258 e. The first kappa shape index (κ1) is 18.9. The van der Waals surface area contributed by atoms with Gasteiger partial charge in [0.05, 0.1) is 4.92 Å². The molecule has 8 heteroatoms. The number of nitrogens with zero attached hydrogens (tertiary/aromatic N) is 2. The Morgan fingerprint density at radius 3 is 2.54 bits per heavy atom. The Labute approximate surface area is 157 Å². The molecule has 1 saturated heterocycles. The average molecular weight is 393 g/mol. The lowest BCUT2D eigenvalue weighted by atomic mass is 10.0. The van der Waals surface area contributed by atoms with Gasteiger partial charge in [-0.25, -0.2) is 8.42 Å². The van der Waals surface area contributed by atoms with Crippen molar-refractivity contribution in [2.45, 2.75) is 23.5 Å². The molecule has 3 rings (SSSR count). The van der Waals surface area contributed by atoms with Crippen molar-refractivity contribution in [2.75, 3.05) is 18.8 Å². The highest BCUT2D eigenvalue weighted by atomic mass is 32.2. The Balaban J connectivity index is 1.85. The molecule has 1 fully saturated rings. The van der Waals surface area contributed by atoms with Gasteiger partial charge in [-0.2, -0.15) is 16.1 Å². The summed E-state index contributed by atoms with van der Waals surface area (Å²) in [7, 11) is -3.90. The summed E-state index contributed by atoms with van der Waals surface area (Å²) in [6.07, 6.45) is 0.676. The second-order valence-corrected chi connectivity index (χ2v) is 9.35. The number of aryl methyl sites for hydroxylation is 1. The molecule has 0 radical (unpaired) electrons. The van der Waals surface area contributed by atoms with Crippen LogP contribution in [0.5, 0.6) is 0 Å². The molecule has 0 saturated carbocycles. The van der Waals surface area contributed by atoms with Gasteiger partial charge in [-0.15, -0.1) is 0 Å². The van der Waals surface area contributed by atoms with Crippen molar-refractivity contribution in [3.8, 4) is 0 Å². The van der Waals surface area contributed by atoms with E-state index < -0.39 is 14.9 Å². The lowest BCUT2D eigenvalue weighted by Crippen LogP contribution is -2.33. The molecule has 1 atom stereocenters. The first-order chi connectivity index (χ1) is 12.4. The van der Waals surface area contributed by atoms with Crippen molar-refractivity contribution in [1.29, 1.82) is 0 Å². The predicted molar refractivity (Wildman–Crippen MR) is 103 cm³/mol. The highest BCUT2D eigenvalue weighted by Crippen LogP contribution is 2.37. The molecular formula is C18H20N2O4S2. The van der Waals surface area contributed by atoms with Crippen LogP contribution >= 0.6 is 11.8 Å². The van der Waals surface area contributed by atoms with Gasteiger partial charge in [0.15, 0.2) is 4.90 Å². The molecule has 0 bridgehead atoms. The van der Waals surface area contributed by atoms with Crippen LogP contribution in [0.1, 0.15) is 22.8 Å². The normalized spacial score (nSPS) is 19.0. The van der Waals surface area contributed by atoms with Crippen LogP contribution in [0, 0.1) is 17.0 Å². The highest BCUT2D eigenvalue weighted by molar-refractivity contribution is 7.99. The van der Waals surface area contributed by atoms with E-state index in [9.17, 15) is 18.5 Å². The van der Waals surface area contributed by atoms with Crippen LogP contribution in [-0.2, 0) is 10.0 Å². The standard InChI is InChI=1S/C18H20N2O4S2/c1-14-6-2-3-7-15(14)17-10-11-19(12-13-25-17)26(23,24)18-9-5-4-8-16(18)20(21)22/h2-9,17H,10-13H2,1H3. The number of benzene rings is 2. The van der Waals surface area contributed by atoms with Crippen LogP contribution < -0.4 is 0 Å². The van der Waals surface area contributed by atoms with Crippen molar-refractivity contribution in [2.24, 2.45) is 0 Å². The number of nitro benzene ring substituents is 1. The van der Waals surface area contributed by atoms with Gasteiger partial charge >= 0.3 is 0 Å². The zero-order valence-electron chi connectivity index (χ0n) is 14.4. The minimum atomic E-state index is -3.90. The van der Waals surface area contributed by atoms with E-state index in [0.29, 0.717) is 25.3 Å². The fourth-order valence-electron chi connectivity index (χ4n) is 3.15. The van der Waals surface area contributed by atoms with Gasteiger partial charge in [-0.05, 0) is 30.5 Å².